The Morgan fingerprint density at radius 2 is 1.93 bits per heavy atom. The lowest BCUT2D eigenvalue weighted by Gasteiger charge is -2.18. The summed E-state index contributed by atoms with van der Waals surface area (Å²) in [6, 6.07) is 8.04. The van der Waals surface area contributed by atoms with E-state index in [1.54, 1.807) is 11.9 Å². The van der Waals surface area contributed by atoms with Gasteiger partial charge in [-0.05, 0) is 39.3 Å². The van der Waals surface area contributed by atoms with Crippen LogP contribution in [0, 0.1) is 20.8 Å². The molecule has 8 heteroatoms. The molecule has 0 radical (unpaired) electrons. The second-order valence-electron chi connectivity index (χ2n) is 7.50. The summed E-state index contributed by atoms with van der Waals surface area (Å²) >= 11 is 1.53. The molecular formula is C20H27N3O3S2. The third-order valence-corrected chi connectivity index (χ3v) is 7.98. The van der Waals surface area contributed by atoms with Gasteiger partial charge in [-0.3, -0.25) is 9.48 Å². The van der Waals surface area contributed by atoms with Crippen molar-refractivity contribution in [3.05, 3.63) is 46.8 Å². The van der Waals surface area contributed by atoms with Gasteiger partial charge in [-0.15, -0.1) is 11.8 Å². The minimum Gasteiger partial charge on any atom is -0.341 e. The number of hydrogen-bond acceptors (Lipinski definition) is 5. The normalized spacial score (nSPS) is 18.4. The van der Waals surface area contributed by atoms with E-state index in [1.165, 1.54) is 17.3 Å². The summed E-state index contributed by atoms with van der Waals surface area (Å²) < 4.78 is 25.4. The average Bonchev–Trinajstić information content (AvgIpc) is 3.14. The molecule has 0 aliphatic carbocycles. The van der Waals surface area contributed by atoms with E-state index >= 15 is 0 Å². The Hall–Kier alpha value is -1.80. The molecule has 1 aromatic carbocycles. The Morgan fingerprint density at radius 3 is 2.54 bits per heavy atom. The number of aromatic nitrogens is 2. The summed E-state index contributed by atoms with van der Waals surface area (Å²) in [5.41, 5.74) is 4.00. The lowest BCUT2D eigenvalue weighted by atomic mass is 10.1. The van der Waals surface area contributed by atoms with Crippen molar-refractivity contribution in [3.8, 4) is 0 Å². The molecule has 1 aromatic heterocycles. The SMILES string of the molecule is Cc1ccc(SCC(=O)N(C)Cc2c(C)nn([C@@H]3CCS(=O)(=O)C3)c2C)cc1. The summed E-state index contributed by atoms with van der Waals surface area (Å²) in [5, 5.41) is 4.58. The van der Waals surface area contributed by atoms with Crippen molar-refractivity contribution < 1.29 is 13.2 Å². The minimum absolute atomic E-state index is 0.0561. The van der Waals surface area contributed by atoms with Crippen LogP contribution in [-0.2, 0) is 21.2 Å². The largest absolute Gasteiger partial charge is 0.341 e. The minimum atomic E-state index is -2.97. The lowest BCUT2D eigenvalue weighted by molar-refractivity contribution is -0.127. The summed E-state index contributed by atoms with van der Waals surface area (Å²) in [6.45, 7) is 6.39. The standard InChI is InChI=1S/C20H27N3O3S2/c1-14-5-7-18(8-6-14)27-12-20(24)22(4)11-19-15(2)21-23(16(19)3)17-9-10-28(25,26)13-17/h5-8,17H,9-13H2,1-4H3/t17-/m1/s1. The van der Waals surface area contributed by atoms with E-state index < -0.39 is 9.84 Å². The first kappa shape index (κ1) is 20.9. The van der Waals surface area contributed by atoms with E-state index in [-0.39, 0.29) is 23.5 Å². The van der Waals surface area contributed by atoms with Crippen LogP contribution in [0.4, 0.5) is 0 Å². The van der Waals surface area contributed by atoms with E-state index in [1.807, 2.05) is 49.7 Å². The van der Waals surface area contributed by atoms with Gasteiger partial charge < -0.3 is 4.90 Å². The topological polar surface area (TPSA) is 72.3 Å². The molecular weight excluding hydrogens is 394 g/mol. The van der Waals surface area contributed by atoms with E-state index in [2.05, 4.69) is 5.10 Å². The van der Waals surface area contributed by atoms with Gasteiger partial charge in [0.2, 0.25) is 5.91 Å². The van der Waals surface area contributed by atoms with Crippen molar-refractivity contribution in [2.75, 3.05) is 24.3 Å². The van der Waals surface area contributed by atoms with Crippen LogP contribution in [0.1, 0.15) is 35.0 Å². The molecule has 1 aliphatic rings. The third-order valence-electron chi connectivity index (χ3n) is 5.23. The van der Waals surface area contributed by atoms with Crippen LogP contribution in [0.3, 0.4) is 0 Å². The van der Waals surface area contributed by atoms with Gasteiger partial charge in [-0.2, -0.15) is 5.10 Å². The van der Waals surface area contributed by atoms with Crippen molar-refractivity contribution in [2.24, 2.45) is 0 Å². The van der Waals surface area contributed by atoms with Crippen molar-refractivity contribution >= 4 is 27.5 Å². The molecule has 0 N–H and O–H groups in total. The van der Waals surface area contributed by atoms with Gasteiger partial charge in [-0.25, -0.2) is 8.42 Å². The number of thioether (sulfide) groups is 1. The summed E-state index contributed by atoms with van der Waals surface area (Å²) in [6.07, 6.45) is 0.603. The fourth-order valence-electron chi connectivity index (χ4n) is 3.46. The van der Waals surface area contributed by atoms with Gasteiger partial charge in [0.05, 0.1) is 29.0 Å². The van der Waals surface area contributed by atoms with Gasteiger partial charge in [0.25, 0.3) is 0 Å². The fraction of sp³-hybridized carbons (Fsp3) is 0.500. The van der Waals surface area contributed by atoms with E-state index in [0.717, 1.165) is 21.8 Å². The zero-order chi connectivity index (χ0) is 20.5. The summed E-state index contributed by atoms with van der Waals surface area (Å²) in [4.78, 5) is 15.4. The van der Waals surface area contributed by atoms with Gasteiger partial charge in [0.15, 0.2) is 9.84 Å². The van der Waals surface area contributed by atoms with Crippen molar-refractivity contribution in [1.29, 1.82) is 0 Å². The summed E-state index contributed by atoms with van der Waals surface area (Å²) in [7, 11) is -1.17. The second kappa shape index (κ2) is 8.29. The Morgan fingerprint density at radius 1 is 1.25 bits per heavy atom. The Bertz CT molecular complexity index is 965. The monoisotopic (exact) mass is 421 g/mol. The van der Waals surface area contributed by atoms with Crippen LogP contribution < -0.4 is 0 Å². The average molecular weight is 422 g/mol. The van der Waals surface area contributed by atoms with Crippen LogP contribution in [0.2, 0.25) is 0 Å². The highest BCUT2D eigenvalue weighted by Gasteiger charge is 2.31. The molecule has 152 valence electrons. The molecule has 1 saturated heterocycles. The lowest BCUT2D eigenvalue weighted by Crippen LogP contribution is -2.28. The number of carbonyl (C=O) groups is 1. The molecule has 1 fully saturated rings. The smallest absolute Gasteiger partial charge is 0.232 e. The first-order valence-electron chi connectivity index (χ1n) is 9.35. The molecule has 0 spiro atoms. The van der Waals surface area contributed by atoms with E-state index in [4.69, 9.17) is 0 Å². The van der Waals surface area contributed by atoms with Gasteiger partial charge in [0.1, 0.15) is 0 Å². The maximum Gasteiger partial charge on any atom is 0.232 e. The molecule has 1 amide bonds. The van der Waals surface area contributed by atoms with Gasteiger partial charge in [-0.1, -0.05) is 17.7 Å². The van der Waals surface area contributed by atoms with E-state index in [0.29, 0.717) is 18.7 Å². The van der Waals surface area contributed by atoms with Crippen LogP contribution in [0.5, 0.6) is 0 Å². The van der Waals surface area contributed by atoms with Crippen molar-refractivity contribution in [3.63, 3.8) is 0 Å². The number of nitrogens with zero attached hydrogens (tertiary/aromatic N) is 3. The molecule has 28 heavy (non-hydrogen) atoms. The number of hydrogen-bond donors (Lipinski definition) is 0. The molecule has 2 heterocycles. The second-order valence-corrected chi connectivity index (χ2v) is 10.8. The fourth-order valence-corrected chi connectivity index (χ4v) is 6.00. The summed E-state index contributed by atoms with van der Waals surface area (Å²) in [5.74, 6) is 0.809. The van der Waals surface area contributed by atoms with Crippen LogP contribution in [-0.4, -0.2) is 53.3 Å². The molecule has 1 atom stereocenters. The number of carbonyl (C=O) groups excluding carboxylic acids is 1. The molecule has 0 bridgehead atoms. The van der Waals surface area contributed by atoms with Crippen LogP contribution in [0.15, 0.2) is 29.2 Å². The Balaban J connectivity index is 1.64. The predicted molar refractivity (Wildman–Crippen MR) is 112 cm³/mol. The Labute approximate surface area is 171 Å². The molecule has 6 nitrogen and oxygen atoms in total. The number of aryl methyl sites for hydroxylation is 2. The first-order valence-corrected chi connectivity index (χ1v) is 12.2. The van der Waals surface area contributed by atoms with Crippen molar-refractivity contribution in [1.82, 2.24) is 14.7 Å². The van der Waals surface area contributed by atoms with Gasteiger partial charge >= 0.3 is 0 Å². The molecule has 3 rings (SSSR count). The predicted octanol–water partition coefficient (Wildman–Crippen LogP) is 2.92. The Kier molecular flexibility index (Phi) is 6.19. The maximum absolute atomic E-state index is 12.6. The molecule has 1 aliphatic heterocycles. The number of benzene rings is 1. The van der Waals surface area contributed by atoms with Gasteiger partial charge in [0, 0.05) is 29.7 Å². The third kappa shape index (κ3) is 4.78. The number of rotatable bonds is 6. The zero-order valence-electron chi connectivity index (χ0n) is 16.8. The molecule has 2 aromatic rings. The maximum atomic E-state index is 12.6. The highest BCUT2D eigenvalue weighted by molar-refractivity contribution is 8.00. The number of amides is 1. The molecule has 0 unspecified atom stereocenters. The molecule has 0 saturated carbocycles. The quantitative estimate of drug-likeness (QED) is 0.671. The highest BCUT2D eigenvalue weighted by atomic mass is 32.2. The first-order chi connectivity index (χ1) is 13.2. The number of sulfone groups is 1. The van der Waals surface area contributed by atoms with E-state index in [9.17, 15) is 13.2 Å². The van der Waals surface area contributed by atoms with Crippen LogP contribution in [0.25, 0.3) is 0 Å². The van der Waals surface area contributed by atoms with Crippen molar-refractivity contribution in [2.45, 2.75) is 44.7 Å². The highest BCUT2D eigenvalue weighted by Crippen LogP contribution is 2.27. The zero-order valence-corrected chi connectivity index (χ0v) is 18.4. The van der Waals surface area contributed by atoms with Crippen LogP contribution >= 0.6 is 11.8 Å².